The van der Waals surface area contributed by atoms with Gasteiger partial charge in [-0.2, -0.15) is 0 Å². The Bertz CT molecular complexity index is 207. The van der Waals surface area contributed by atoms with Gasteiger partial charge in [0, 0.05) is 18.5 Å². The summed E-state index contributed by atoms with van der Waals surface area (Å²) < 4.78 is 0. The maximum absolute atomic E-state index is 9.50. The molecule has 0 unspecified atom stereocenters. The molecule has 108 valence electrons. The van der Waals surface area contributed by atoms with Crippen molar-refractivity contribution in [2.75, 3.05) is 33.7 Å². The van der Waals surface area contributed by atoms with Crippen LogP contribution in [0.3, 0.4) is 0 Å². The molecule has 0 amide bonds. The number of nitrogens with zero attached hydrogens (tertiary/aromatic N) is 2. The maximum atomic E-state index is 9.50. The highest BCUT2D eigenvalue weighted by Gasteiger charge is 2.20. The van der Waals surface area contributed by atoms with E-state index in [9.17, 15) is 4.79 Å². The number of aldehydes is 1. The Hall–Kier alpha value is -0.410. The summed E-state index contributed by atoms with van der Waals surface area (Å²) in [5, 5.41) is 0. The number of hydrogen-bond donors (Lipinski definition) is 0. The Kier molecular flexibility index (Phi) is 9.29. The third kappa shape index (κ3) is 8.65. The maximum Gasteiger partial charge on any atom is 0.122 e. The van der Waals surface area contributed by atoms with Crippen molar-refractivity contribution in [2.45, 2.75) is 46.6 Å². The first-order valence-electron chi connectivity index (χ1n) is 7.20. The quantitative estimate of drug-likeness (QED) is 0.722. The zero-order valence-electron chi connectivity index (χ0n) is 13.1. The van der Waals surface area contributed by atoms with Crippen LogP contribution in [0.2, 0.25) is 0 Å². The van der Waals surface area contributed by atoms with Crippen LogP contribution in [0.25, 0.3) is 0 Å². The summed E-state index contributed by atoms with van der Waals surface area (Å²) in [6, 6.07) is 0.823. The molecule has 1 fully saturated rings. The lowest BCUT2D eigenvalue weighted by atomic mass is 10.0. The molecule has 0 spiro atoms. The summed E-state index contributed by atoms with van der Waals surface area (Å²) in [4.78, 5) is 14.5. The average molecular weight is 256 g/mol. The van der Waals surface area contributed by atoms with E-state index in [1.165, 1.54) is 32.5 Å². The molecular formula is C15H32N2O. The predicted octanol–water partition coefficient (Wildman–Crippen LogP) is 2.51. The van der Waals surface area contributed by atoms with Crippen LogP contribution in [0.4, 0.5) is 0 Å². The first kappa shape index (κ1) is 17.6. The second-order valence-corrected chi connectivity index (χ2v) is 6.27. The van der Waals surface area contributed by atoms with E-state index in [1.807, 2.05) is 13.8 Å². The minimum atomic E-state index is 0.204. The van der Waals surface area contributed by atoms with E-state index < -0.39 is 0 Å². The molecule has 0 aromatic rings. The van der Waals surface area contributed by atoms with E-state index in [-0.39, 0.29) is 5.92 Å². The molecule has 3 heteroatoms. The molecule has 1 heterocycles. The van der Waals surface area contributed by atoms with Gasteiger partial charge in [0.2, 0.25) is 0 Å². The molecule has 1 aliphatic heterocycles. The summed E-state index contributed by atoms with van der Waals surface area (Å²) in [5.74, 6) is 1.02. The molecule has 0 aromatic carbocycles. The molecule has 1 aliphatic rings. The fourth-order valence-electron chi connectivity index (χ4n) is 2.13. The van der Waals surface area contributed by atoms with Crippen LogP contribution >= 0.6 is 0 Å². The van der Waals surface area contributed by atoms with Crippen molar-refractivity contribution in [2.24, 2.45) is 11.8 Å². The molecule has 0 atom stereocenters. The summed E-state index contributed by atoms with van der Waals surface area (Å²) in [7, 11) is 4.39. The van der Waals surface area contributed by atoms with Crippen molar-refractivity contribution in [3.05, 3.63) is 0 Å². The Balaban J connectivity index is 0.000000494. The highest BCUT2D eigenvalue weighted by Crippen LogP contribution is 2.14. The van der Waals surface area contributed by atoms with Gasteiger partial charge in [-0.05, 0) is 45.9 Å². The van der Waals surface area contributed by atoms with E-state index in [4.69, 9.17) is 0 Å². The van der Waals surface area contributed by atoms with Crippen molar-refractivity contribution in [3.63, 3.8) is 0 Å². The Morgan fingerprint density at radius 1 is 1.17 bits per heavy atom. The van der Waals surface area contributed by atoms with Gasteiger partial charge in [-0.15, -0.1) is 0 Å². The van der Waals surface area contributed by atoms with Gasteiger partial charge in [0.05, 0.1) is 0 Å². The number of piperidine rings is 1. The Morgan fingerprint density at radius 2 is 1.61 bits per heavy atom. The van der Waals surface area contributed by atoms with Crippen molar-refractivity contribution in [1.82, 2.24) is 9.80 Å². The molecule has 0 saturated carbocycles. The largest absolute Gasteiger partial charge is 0.306 e. The summed E-state index contributed by atoms with van der Waals surface area (Å²) in [6.45, 7) is 12.2. The summed E-state index contributed by atoms with van der Waals surface area (Å²) in [6.07, 6.45) is 3.61. The number of rotatable bonds is 4. The monoisotopic (exact) mass is 256 g/mol. The van der Waals surface area contributed by atoms with Crippen molar-refractivity contribution in [3.8, 4) is 0 Å². The molecule has 1 rings (SSSR count). The van der Waals surface area contributed by atoms with Crippen LogP contribution in [0.1, 0.15) is 40.5 Å². The number of carbonyl (C=O) groups is 1. The first-order valence-corrected chi connectivity index (χ1v) is 7.20. The van der Waals surface area contributed by atoms with Gasteiger partial charge in [-0.25, -0.2) is 0 Å². The lowest BCUT2D eigenvalue weighted by Crippen LogP contribution is -2.43. The Labute approximate surface area is 114 Å². The molecule has 0 aromatic heterocycles. The van der Waals surface area contributed by atoms with Crippen LogP contribution in [0.5, 0.6) is 0 Å². The van der Waals surface area contributed by atoms with Crippen LogP contribution in [-0.4, -0.2) is 55.9 Å². The van der Waals surface area contributed by atoms with Crippen LogP contribution in [-0.2, 0) is 4.79 Å². The zero-order valence-corrected chi connectivity index (χ0v) is 13.1. The molecule has 3 nitrogen and oxygen atoms in total. The van der Waals surface area contributed by atoms with E-state index >= 15 is 0 Å². The van der Waals surface area contributed by atoms with Gasteiger partial charge in [0.1, 0.15) is 6.29 Å². The second-order valence-electron chi connectivity index (χ2n) is 6.27. The van der Waals surface area contributed by atoms with Crippen LogP contribution in [0, 0.1) is 11.8 Å². The van der Waals surface area contributed by atoms with Crippen LogP contribution in [0.15, 0.2) is 0 Å². The van der Waals surface area contributed by atoms with E-state index in [2.05, 4.69) is 37.7 Å². The third-order valence-electron chi connectivity index (χ3n) is 3.18. The van der Waals surface area contributed by atoms with Crippen molar-refractivity contribution >= 4 is 6.29 Å². The third-order valence-corrected chi connectivity index (χ3v) is 3.18. The minimum absolute atomic E-state index is 0.204. The molecule has 18 heavy (non-hydrogen) atoms. The van der Waals surface area contributed by atoms with Gasteiger partial charge in [-0.1, -0.05) is 27.7 Å². The standard InChI is InChI=1S/C11H24N2.C4H8O/c1-10(2)9-13-7-5-11(6-8-13)12(3)4;1-4(2)3-5/h10-11H,5-9H2,1-4H3;3-4H,1-2H3. The van der Waals surface area contributed by atoms with E-state index in [1.54, 1.807) is 0 Å². The second kappa shape index (κ2) is 9.51. The smallest absolute Gasteiger partial charge is 0.122 e. The molecule has 0 N–H and O–H groups in total. The minimum Gasteiger partial charge on any atom is -0.306 e. The van der Waals surface area contributed by atoms with Gasteiger partial charge >= 0.3 is 0 Å². The molecule has 0 radical (unpaired) electrons. The normalized spacial score (nSPS) is 18.1. The van der Waals surface area contributed by atoms with Crippen LogP contribution < -0.4 is 0 Å². The van der Waals surface area contributed by atoms with Crippen molar-refractivity contribution in [1.29, 1.82) is 0 Å². The van der Waals surface area contributed by atoms with Gasteiger partial charge < -0.3 is 14.6 Å². The number of likely N-dealkylation sites (tertiary alicyclic amines) is 1. The molecular weight excluding hydrogens is 224 g/mol. The van der Waals surface area contributed by atoms with E-state index in [0.717, 1.165) is 18.2 Å². The van der Waals surface area contributed by atoms with Crippen molar-refractivity contribution < 1.29 is 4.79 Å². The fourth-order valence-corrected chi connectivity index (χ4v) is 2.13. The average Bonchev–Trinajstić information content (AvgIpc) is 2.29. The fraction of sp³-hybridized carbons (Fsp3) is 0.933. The molecule has 0 aliphatic carbocycles. The van der Waals surface area contributed by atoms with E-state index in [0.29, 0.717) is 0 Å². The van der Waals surface area contributed by atoms with Gasteiger partial charge in [0.25, 0.3) is 0 Å². The molecule has 0 bridgehead atoms. The SMILES string of the molecule is CC(C)C=O.CC(C)CN1CCC(N(C)C)CC1. The van der Waals surface area contributed by atoms with Gasteiger partial charge in [-0.3, -0.25) is 0 Å². The predicted molar refractivity (Wildman–Crippen MR) is 78.9 cm³/mol. The summed E-state index contributed by atoms with van der Waals surface area (Å²) >= 11 is 0. The number of carbonyl (C=O) groups excluding carboxylic acids is 1. The topological polar surface area (TPSA) is 23.6 Å². The first-order chi connectivity index (χ1) is 8.36. The lowest BCUT2D eigenvalue weighted by molar-refractivity contribution is -0.110. The zero-order chi connectivity index (χ0) is 14.1. The highest BCUT2D eigenvalue weighted by atomic mass is 16.1. The highest BCUT2D eigenvalue weighted by molar-refractivity contribution is 5.51. The number of hydrogen-bond acceptors (Lipinski definition) is 3. The van der Waals surface area contributed by atoms with Gasteiger partial charge in [0.15, 0.2) is 0 Å². The Morgan fingerprint density at radius 3 is 1.89 bits per heavy atom. The summed E-state index contributed by atoms with van der Waals surface area (Å²) in [5.41, 5.74) is 0. The molecule has 1 saturated heterocycles. The lowest BCUT2D eigenvalue weighted by Gasteiger charge is -2.35.